The number of hydrogen-bond acceptors (Lipinski definition) is 6. The van der Waals surface area contributed by atoms with Crippen LogP contribution in [0.4, 0.5) is 0 Å². The Hall–Kier alpha value is -1.92. The second kappa shape index (κ2) is 4.40. The summed E-state index contributed by atoms with van der Waals surface area (Å²) in [6.07, 6.45) is 0. The molecule has 18 heavy (non-hydrogen) atoms. The predicted molar refractivity (Wildman–Crippen MR) is 67.9 cm³/mol. The third-order valence-corrected chi connectivity index (χ3v) is 3.46. The summed E-state index contributed by atoms with van der Waals surface area (Å²) in [7, 11) is 0. The lowest BCUT2D eigenvalue weighted by Crippen LogP contribution is -1.92. The Bertz CT molecular complexity index is 668. The van der Waals surface area contributed by atoms with Gasteiger partial charge in [0, 0.05) is 10.9 Å². The second-order valence-electron chi connectivity index (χ2n) is 3.86. The van der Waals surface area contributed by atoms with Gasteiger partial charge >= 0.3 is 0 Å². The fraction of sp³-hybridized carbons (Fsp3) is 0.167. The first kappa shape index (κ1) is 11.2. The molecule has 0 spiro atoms. The van der Waals surface area contributed by atoms with Gasteiger partial charge in [0.25, 0.3) is 5.89 Å². The van der Waals surface area contributed by atoms with Gasteiger partial charge in [0.1, 0.15) is 5.76 Å². The molecule has 0 unspecified atom stereocenters. The van der Waals surface area contributed by atoms with E-state index in [1.54, 1.807) is 23.5 Å². The monoisotopic (exact) mass is 261 g/mol. The van der Waals surface area contributed by atoms with E-state index >= 15 is 0 Å². The van der Waals surface area contributed by atoms with Crippen LogP contribution in [0.3, 0.4) is 0 Å². The molecule has 0 aromatic carbocycles. The summed E-state index contributed by atoms with van der Waals surface area (Å²) in [5.41, 5.74) is 7.60. The highest BCUT2D eigenvalue weighted by molar-refractivity contribution is 7.08. The zero-order valence-electron chi connectivity index (χ0n) is 9.71. The molecule has 0 radical (unpaired) electrons. The molecule has 0 aliphatic heterocycles. The van der Waals surface area contributed by atoms with Crippen molar-refractivity contribution in [3.63, 3.8) is 0 Å². The second-order valence-corrected chi connectivity index (χ2v) is 4.61. The lowest BCUT2D eigenvalue weighted by molar-refractivity contribution is 0.412. The molecular weight excluding hydrogens is 250 g/mol. The highest BCUT2D eigenvalue weighted by Gasteiger charge is 2.15. The van der Waals surface area contributed by atoms with Crippen molar-refractivity contribution in [3.8, 4) is 23.0 Å². The topological polar surface area (TPSA) is 78.1 Å². The Morgan fingerprint density at radius 3 is 2.89 bits per heavy atom. The Balaban J connectivity index is 1.96. The van der Waals surface area contributed by atoms with E-state index in [-0.39, 0.29) is 0 Å². The molecule has 3 aromatic heterocycles. The molecule has 0 atom stereocenters. The van der Waals surface area contributed by atoms with Gasteiger partial charge in [-0.1, -0.05) is 5.16 Å². The Labute approximate surface area is 107 Å². The number of aryl methyl sites for hydroxylation is 1. The molecule has 2 N–H and O–H groups in total. The van der Waals surface area contributed by atoms with Gasteiger partial charge in [-0.3, -0.25) is 0 Å². The van der Waals surface area contributed by atoms with Gasteiger partial charge in [-0.15, -0.1) is 0 Å². The van der Waals surface area contributed by atoms with Crippen molar-refractivity contribution in [1.29, 1.82) is 0 Å². The number of thiophene rings is 1. The molecule has 92 valence electrons. The molecule has 0 fully saturated rings. The van der Waals surface area contributed by atoms with Crippen molar-refractivity contribution in [2.24, 2.45) is 5.73 Å². The van der Waals surface area contributed by atoms with Crippen molar-refractivity contribution in [2.75, 3.05) is 0 Å². The van der Waals surface area contributed by atoms with Crippen molar-refractivity contribution in [1.82, 2.24) is 10.1 Å². The van der Waals surface area contributed by atoms with E-state index in [4.69, 9.17) is 14.7 Å². The average molecular weight is 261 g/mol. The van der Waals surface area contributed by atoms with E-state index < -0.39 is 0 Å². The highest BCUT2D eigenvalue weighted by atomic mass is 32.1. The van der Waals surface area contributed by atoms with Crippen LogP contribution in [0.2, 0.25) is 0 Å². The Morgan fingerprint density at radius 1 is 1.33 bits per heavy atom. The number of rotatable bonds is 3. The highest BCUT2D eigenvalue weighted by Crippen LogP contribution is 2.27. The molecular formula is C12H11N3O2S. The van der Waals surface area contributed by atoms with Gasteiger partial charge in [-0.25, -0.2) is 0 Å². The van der Waals surface area contributed by atoms with Crippen LogP contribution in [0.15, 0.2) is 31.8 Å². The van der Waals surface area contributed by atoms with Crippen molar-refractivity contribution < 1.29 is 8.94 Å². The summed E-state index contributed by atoms with van der Waals surface area (Å²) in [6, 6.07) is 3.58. The van der Waals surface area contributed by atoms with Crippen LogP contribution in [0.25, 0.3) is 23.0 Å². The van der Waals surface area contributed by atoms with Crippen LogP contribution < -0.4 is 5.73 Å². The van der Waals surface area contributed by atoms with Crippen LogP contribution >= 0.6 is 11.3 Å². The number of nitrogens with zero attached hydrogens (tertiary/aromatic N) is 2. The number of furan rings is 1. The molecule has 3 rings (SSSR count). The van der Waals surface area contributed by atoms with Gasteiger partial charge in [0.15, 0.2) is 5.76 Å². The fourth-order valence-corrected chi connectivity index (χ4v) is 2.45. The Morgan fingerprint density at radius 2 is 2.22 bits per heavy atom. The summed E-state index contributed by atoms with van der Waals surface area (Å²) >= 11 is 1.61. The van der Waals surface area contributed by atoms with Crippen LogP contribution in [0.5, 0.6) is 0 Å². The maximum atomic E-state index is 5.48. The lowest BCUT2D eigenvalue weighted by Gasteiger charge is -1.89. The molecule has 5 nitrogen and oxygen atoms in total. The first-order valence-electron chi connectivity index (χ1n) is 5.44. The molecule has 0 aliphatic carbocycles. The first-order chi connectivity index (χ1) is 8.78. The van der Waals surface area contributed by atoms with Gasteiger partial charge in [0.2, 0.25) is 5.82 Å². The van der Waals surface area contributed by atoms with Crippen molar-refractivity contribution in [2.45, 2.75) is 13.5 Å². The third kappa shape index (κ3) is 1.85. The fourth-order valence-electron chi connectivity index (χ4n) is 1.63. The summed E-state index contributed by atoms with van der Waals surface area (Å²) < 4.78 is 10.7. The zero-order chi connectivity index (χ0) is 12.5. The molecule has 0 saturated heterocycles. The van der Waals surface area contributed by atoms with Gasteiger partial charge in [0.05, 0.1) is 6.54 Å². The lowest BCUT2D eigenvalue weighted by atomic mass is 10.2. The molecule has 3 aromatic rings. The molecule has 3 heterocycles. The van der Waals surface area contributed by atoms with Crippen LogP contribution in [0, 0.1) is 6.92 Å². The van der Waals surface area contributed by atoms with E-state index in [9.17, 15) is 0 Å². The minimum atomic E-state index is 0.352. The quantitative estimate of drug-likeness (QED) is 0.784. The average Bonchev–Trinajstić information content (AvgIpc) is 3.07. The third-order valence-electron chi connectivity index (χ3n) is 2.60. The van der Waals surface area contributed by atoms with E-state index in [0.717, 1.165) is 11.1 Å². The number of nitrogens with two attached hydrogens (primary N) is 1. The van der Waals surface area contributed by atoms with Gasteiger partial charge in [-0.2, -0.15) is 16.3 Å². The van der Waals surface area contributed by atoms with E-state index in [1.165, 1.54) is 0 Å². The standard InChI is InChI=1S/C12H11N3O2S/c1-7-5-18-6-9(7)11-14-12(17-15-11)10-3-2-8(4-13)16-10/h2-3,5-6H,4,13H2,1H3. The van der Waals surface area contributed by atoms with Crippen LogP contribution in [-0.2, 0) is 6.54 Å². The van der Waals surface area contributed by atoms with E-state index in [1.807, 2.05) is 17.7 Å². The largest absolute Gasteiger partial charge is 0.455 e. The maximum absolute atomic E-state index is 5.48. The first-order valence-corrected chi connectivity index (χ1v) is 6.38. The molecule has 0 aliphatic rings. The minimum absolute atomic E-state index is 0.352. The van der Waals surface area contributed by atoms with Gasteiger partial charge < -0.3 is 14.7 Å². The summed E-state index contributed by atoms with van der Waals surface area (Å²) in [5.74, 6) is 2.18. The normalized spacial score (nSPS) is 11.0. The van der Waals surface area contributed by atoms with Crippen LogP contribution in [0.1, 0.15) is 11.3 Å². The predicted octanol–water partition coefficient (Wildman–Crippen LogP) is 2.83. The van der Waals surface area contributed by atoms with E-state index in [2.05, 4.69) is 10.1 Å². The minimum Gasteiger partial charge on any atom is -0.455 e. The number of aromatic nitrogens is 2. The molecule has 0 bridgehead atoms. The molecule has 0 saturated carbocycles. The summed E-state index contributed by atoms with van der Waals surface area (Å²) in [4.78, 5) is 4.33. The van der Waals surface area contributed by atoms with Gasteiger partial charge in [-0.05, 0) is 30.0 Å². The van der Waals surface area contributed by atoms with E-state index in [0.29, 0.717) is 29.8 Å². The SMILES string of the molecule is Cc1cscc1-c1noc(-c2ccc(CN)o2)n1. The maximum Gasteiger partial charge on any atom is 0.293 e. The zero-order valence-corrected chi connectivity index (χ0v) is 10.5. The molecule has 6 heteroatoms. The smallest absolute Gasteiger partial charge is 0.293 e. The molecule has 0 amide bonds. The number of hydrogen-bond donors (Lipinski definition) is 1. The van der Waals surface area contributed by atoms with Crippen molar-refractivity contribution in [3.05, 3.63) is 34.2 Å². The van der Waals surface area contributed by atoms with Crippen molar-refractivity contribution >= 4 is 11.3 Å². The Kier molecular flexibility index (Phi) is 2.73. The summed E-state index contributed by atoms with van der Waals surface area (Å²) in [5, 5.41) is 8.00. The van der Waals surface area contributed by atoms with Crippen LogP contribution in [-0.4, -0.2) is 10.1 Å². The summed E-state index contributed by atoms with van der Waals surface area (Å²) in [6.45, 7) is 2.37.